The maximum Gasteiger partial charge on any atom is 0.344 e. The van der Waals surface area contributed by atoms with Gasteiger partial charge in [-0.1, -0.05) is 0 Å². The molecule has 0 unspecified atom stereocenters. The first-order chi connectivity index (χ1) is 15.4. The number of nitrogens with zero attached hydrogens (tertiary/aromatic N) is 2. The van der Waals surface area contributed by atoms with Crippen molar-refractivity contribution < 1.29 is 28.6 Å². The number of carbonyl (C=O) groups excluding carboxylic acids is 3. The molecule has 1 aromatic carbocycles. The van der Waals surface area contributed by atoms with Gasteiger partial charge in [-0.15, -0.1) is 0 Å². The van der Waals surface area contributed by atoms with Crippen molar-refractivity contribution in [1.82, 2.24) is 9.55 Å². The highest BCUT2D eigenvalue weighted by molar-refractivity contribution is 6.01. The summed E-state index contributed by atoms with van der Waals surface area (Å²) in [6.45, 7) is 5.40. The maximum absolute atomic E-state index is 12.8. The number of ether oxygens (including phenoxy) is 3. The molecule has 0 aliphatic heterocycles. The minimum Gasteiger partial charge on any atom is -0.477 e. The number of hydrogen-bond acceptors (Lipinski definition) is 7. The largest absolute Gasteiger partial charge is 0.477 e. The summed E-state index contributed by atoms with van der Waals surface area (Å²) < 4.78 is 17.2. The lowest BCUT2D eigenvalue weighted by atomic mass is 10.1. The molecule has 3 aromatic rings. The number of benzene rings is 1. The van der Waals surface area contributed by atoms with Gasteiger partial charge in [0, 0.05) is 28.8 Å². The molecule has 0 aliphatic rings. The van der Waals surface area contributed by atoms with Gasteiger partial charge < -0.3 is 18.8 Å². The van der Waals surface area contributed by atoms with Crippen molar-refractivity contribution >= 4 is 17.7 Å². The molecular formula is C24H24N2O6. The number of rotatable bonds is 8. The highest BCUT2D eigenvalue weighted by atomic mass is 16.5. The summed E-state index contributed by atoms with van der Waals surface area (Å²) in [6.07, 6.45) is 1.51. The minimum atomic E-state index is -0.679. The van der Waals surface area contributed by atoms with Crippen molar-refractivity contribution in [2.75, 3.05) is 20.3 Å². The van der Waals surface area contributed by atoms with Crippen LogP contribution in [0, 0.1) is 13.8 Å². The van der Waals surface area contributed by atoms with Crippen LogP contribution in [-0.4, -0.2) is 47.6 Å². The summed E-state index contributed by atoms with van der Waals surface area (Å²) in [5, 5.41) is 0. The Labute approximate surface area is 185 Å². The molecule has 0 amide bonds. The van der Waals surface area contributed by atoms with Gasteiger partial charge in [-0.25, -0.2) is 14.6 Å². The Morgan fingerprint density at radius 1 is 1.00 bits per heavy atom. The molecule has 0 saturated carbocycles. The molecule has 0 radical (unpaired) electrons. The van der Waals surface area contributed by atoms with E-state index >= 15 is 0 Å². The molecule has 0 fully saturated rings. The van der Waals surface area contributed by atoms with Gasteiger partial charge in [0.2, 0.25) is 11.7 Å². The number of Topliss-reactive ketones (excluding diaryl/α,β-unsaturated/α-hetero) is 1. The molecule has 0 saturated heterocycles. The Kier molecular flexibility index (Phi) is 7.04. The molecule has 0 aliphatic carbocycles. The molecule has 0 N–H and O–H groups in total. The van der Waals surface area contributed by atoms with Gasteiger partial charge in [0.15, 0.2) is 6.61 Å². The number of ketones is 1. The molecule has 0 spiro atoms. The van der Waals surface area contributed by atoms with Gasteiger partial charge in [-0.2, -0.15) is 0 Å². The average molecular weight is 436 g/mol. The van der Waals surface area contributed by atoms with E-state index in [9.17, 15) is 14.4 Å². The highest BCUT2D eigenvalue weighted by Gasteiger charge is 2.20. The van der Waals surface area contributed by atoms with Gasteiger partial charge in [-0.05, 0) is 63.2 Å². The fourth-order valence-corrected chi connectivity index (χ4v) is 3.39. The second kappa shape index (κ2) is 9.91. The monoisotopic (exact) mass is 436 g/mol. The molecule has 8 heteroatoms. The molecule has 0 bridgehead atoms. The first-order valence-electron chi connectivity index (χ1n) is 10.0. The van der Waals surface area contributed by atoms with Crippen molar-refractivity contribution in [2.24, 2.45) is 0 Å². The Bertz CT molecular complexity index is 1150. The van der Waals surface area contributed by atoms with E-state index < -0.39 is 18.5 Å². The predicted molar refractivity (Wildman–Crippen MR) is 117 cm³/mol. The molecule has 2 aromatic heterocycles. The molecule has 2 heterocycles. The van der Waals surface area contributed by atoms with E-state index in [1.807, 2.05) is 18.4 Å². The molecule has 0 atom stereocenters. The number of aryl methyl sites for hydroxylation is 1. The molecular weight excluding hydrogens is 412 g/mol. The van der Waals surface area contributed by atoms with Gasteiger partial charge >= 0.3 is 11.9 Å². The Morgan fingerprint density at radius 2 is 1.72 bits per heavy atom. The van der Waals surface area contributed by atoms with Gasteiger partial charge in [0.05, 0.1) is 19.3 Å². The first-order valence-corrected chi connectivity index (χ1v) is 10.0. The number of hydrogen-bond donors (Lipinski definition) is 0. The second-order valence-electron chi connectivity index (χ2n) is 6.95. The number of carbonyl (C=O) groups is 3. The molecule has 8 nitrogen and oxygen atoms in total. The van der Waals surface area contributed by atoms with E-state index in [-0.39, 0.29) is 17.2 Å². The second-order valence-corrected chi connectivity index (χ2v) is 6.95. The predicted octanol–water partition coefficient (Wildman–Crippen LogP) is 3.71. The fourth-order valence-electron chi connectivity index (χ4n) is 3.39. The smallest absolute Gasteiger partial charge is 0.344 e. The third-order valence-electron chi connectivity index (χ3n) is 4.88. The third-order valence-corrected chi connectivity index (χ3v) is 4.88. The number of aromatic nitrogens is 2. The standard InChI is InChI=1S/C24H24N2O6/c1-5-31-22-19(7-6-12-25-22)24(29)32-14-21(27)20-13-15(2)26(16(20)3)18-10-8-17(9-11-18)23(28)30-4/h6-13H,5,14H2,1-4H3. The van der Waals surface area contributed by atoms with Crippen LogP contribution in [0.4, 0.5) is 0 Å². The van der Waals surface area contributed by atoms with Crippen LogP contribution in [0.3, 0.4) is 0 Å². The van der Waals surface area contributed by atoms with Crippen molar-refractivity contribution in [3.63, 3.8) is 0 Å². The van der Waals surface area contributed by atoms with Crippen LogP contribution < -0.4 is 4.74 Å². The third kappa shape index (κ3) is 4.69. The van der Waals surface area contributed by atoms with Crippen LogP contribution in [0.25, 0.3) is 5.69 Å². The Morgan fingerprint density at radius 3 is 2.38 bits per heavy atom. The fraction of sp³-hybridized carbons (Fsp3) is 0.250. The molecule has 3 rings (SSSR count). The maximum atomic E-state index is 12.8. The summed E-state index contributed by atoms with van der Waals surface area (Å²) in [5.41, 5.74) is 3.37. The number of pyridine rings is 1. The van der Waals surface area contributed by atoms with E-state index in [1.165, 1.54) is 19.4 Å². The lowest BCUT2D eigenvalue weighted by molar-refractivity contribution is 0.0469. The first kappa shape index (κ1) is 22.7. The zero-order valence-electron chi connectivity index (χ0n) is 18.4. The lowest BCUT2D eigenvalue weighted by Crippen LogP contribution is -2.16. The number of esters is 2. The Balaban J connectivity index is 1.76. The Hall–Kier alpha value is -3.94. The van der Waals surface area contributed by atoms with Crippen molar-refractivity contribution in [3.05, 3.63) is 76.7 Å². The van der Waals surface area contributed by atoms with E-state index in [4.69, 9.17) is 14.2 Å². The zero-order chi connectivity index (χ0) is 23.3. The van der Waals surface area contributed by atoms with Crippen molar-refractivity contribution in [2.45, 2.75) is 20.8 Å². The van der Waals surface area contributed by atoms with Gasteiger partial charge in [0.25, 0.3) is 0 Å². The van der Waals surface area contributed by atoms with Crippen molar-refractivity contribution in [1.29, 1.82) is 0 Å². The average Bonchev–Trinajstić information content (AvgIpc) is 3.11. The van der Waals surface area contributed by atoms with Crippen LogP contribution in [0.5, 0.6) is 5.88 Å². The minimum absolute atomic E-state index is 0.165. The van der Waals surface area contributed by atoms with Gasteiger partial charge in [-0.3, -0.25) is 4.79 Å². The normalized spacial score (nSPS) is 10.5. The summed E-state index contributed by atoms with van der Waals surface area (Å²) in [5.74, 6) is -1.26. The number of methoxy groups -OCH3 is 1. The van der Waals surface area contributed by atoms with Gasteiger partial charge in [0.1, 0.15) is 5.56 Å². The molecule has 166 valence electrons. The van der Waals surface area contributed by atoms with E-state index in [0.717, 1.165) is 11.4 Å². The lowest BCUT2D eigenvalue weighted by Gasteiger charge is -2.11. The van der Waals surface area contributed by atoms with Crippen LogP contribution in [-0.2, 0) is 9.47 Å². The highest BCUT2D eigenvalue weighted by Crippen LogP contribution is 2.22. The summed E-state index contributed by atoms with van der Waals surface area (Å²) in [4.78, 5) is 40.9. The van der Waals surface area contributed by atoms with E-state index in [1.54, 1.807) is 43.3 Å². The van der Waals surface area contributed by atoms with Crippen LogP contribution in [0.2, 0.25) is 0 Å². The molecule has 32 heavy (non-hydrogen) atoms. The summed E-state index contributed by atoms with van der Waals surface area (Å²) in [7, 11) is 1.33. The summed E-state index contributed by atoms with van der Waals surface area (Å²) in [6, 6.07) is 11.8. The van der Waals surface area contributed by atoms with Crippen molar-refractivity contribution in [3.8, 4) is 11.6 Å². The van der Waals surface area contributed by atoms with Crippen LogP contribution >= 0.6 is 0 Å². The quantitative estimate of drug-likeness (QED) is 0.392. The zero-order valence-corrected chi connectivity index (χ0v) is 18.4. The van der Waals surface area contributed by atoms with E-state index in [0.29, 0.717) is 23.4 Å². The summed E-state index contributed by atoms with van der Waals surface area (Å²) >= 11 is 0. The van der Waals surface area contributed by atoms with Crippen LogP contribution in [0.1, 0.15) is 49.4 Å². The topological polar surface area (TPSA) is 96.7 Å². The SMILES string of the molecule is CCOc1ncccc1C(=O)OCC(=O)c1cc(C)n(-c2ccc(C(=O)OC)cc2)c1C. The van der Waals surface area contributed by atoms with Crippen LogP contribution in [0.15, 0.2) is 48.7 Å². The van der Waals surface area contributed by atoms with E-state index in [2.05, 4.69) is 4.98 Å².